The second-order valence-electron chi connectivity index (χ2n) is 6.16. The van der Waals surface area contributed by atoms with Crippen LogP contribution in [0, 0.1) is 0 Å². The summed E-state index contributed by atoms with van der Waals surface area (Å²) in [6.07, 6.45) is 2.39. The van der Waals surface area contributed by atoms with Crippen molar-refractivity contribution in [3.8, 4) is 11.4 Å². The number of benzene rings is 2. The zero-order chi connectivity index (χ0) is 20.5. The maximum Gasteiger partial charge on any atom is 0.329 e. The van der Waals surface area contributed by atoms with Crippen LogP contribution in [-0.2, 0) is 16.1 Å². The Kier molecular flexibility index (Phi) is 7.40. The van der Waals surface area contributed by atoms with E-state index >= 15 is 0 Å². The van der Waals surface area contributed by atoms with Crippen LogP contribution >= 0.6 is 11.8 Å². The smallest absolute Gasteiger partial charge is 0.329 e. The van der Waals surface area contributed by atoms with Crippen LogP contribution < -0.4 is 5.32 Å². The molecule has 1 unspecified atom stereocenters. The molecule has 2 aromatic carbocycles. The number of hydrogen-bond acceptors (Lipinski definition) is 7. The average Bonchev–Trinajstić information content (AvgIpc) is 3.25. The Balaban J connectivity index is 1.60. The lowest BCUT2D eigenvalue weighted by Crippen LogP contribution is -2.42. The summed E-state index contributed by atoms with van der Waals surface area (Å²) in [5.41, 5.74) is 1.29. The van der Waals surface area contributed by atoms with Crippen molar-refractivity contribution in [1.82, 2.24) is 15.5 Å². The van der Waals surface area contributed by atoms with Crippen LogP contribution in [-0.4, -0.2) is 40.1 Å². The Labute approximate surface area is 172 Å². The van der Waals surface area contributed by atoms with Crippen molar-refractivity contribution < 1.29 is 18.8 Å². The van der Waals surface area contributed by atoms with Gasteiger partial charge >= 0.3 is 5.97 Å². The first-order valence-corrected chi connectivity index (χ1v) is 10.5. The van der Waals surface area contributed by atoms with E-state index in [-0.39, 0.29) is 18.4 Å². The molecule has 0 bridgehead atoms. The fourth-order valence-corrected chi connectivity index (χ4v) is 3.04. The number of esters is 1. The molecule has 0 saturated carbocycles. The van der Waals surface area contributed by atoms with Crippen LogP contribution in [0.5, 0.6) is 0 Å². The Morgan fingerprint density at radius 3 is 2.48 bits per heavy atom. The van der Waals surface area contributed by atoms with Gasteiger partial charge in [-0.1, -0.05) is 53.7 Å². The highest BCUT2D eigenvalue weighted by molar-refractivity contribution is 7.98. The highest BCUT2D eigenvalue weighted by Crippen LogP contribution is 2.15. The molecule has 7 nitrogen and oxygen atoms in total. The van der Waals surface area contributed by atoms with Gasteiger partial charge in [0.15, 0.2) is 6.61 Å². The minimum atomic E-state index is -0.758. The Bertz CT molecular complexity index is 931. The molecule has 0 saturated heterocycles. The summed E-state index contributed by atoms with van der Waals surface area (Å²) in [6, 6.07) is 17.3. The standard InChI is InChI=1S/C21H21N3O4S/c1-29-13-12-17(22-20(25)16-10-6-3-7-11-16)21(26)27-14-18-23-19(24-28-18)15-8-4-2-5-9-15/h2-11,17H,12-14H2,1H3,(H,22,25). The molecule has 0 aliphatic rings. The van der Waals surface area contributed by atoms with E-state index in [9.17, 15) is 9.59 Å². The molecule has 0 aliphatic heterocycles. The monoisotopic (exact) mass is 411 g/mol. The molecular formula is C21H21N3O4S. The summed E-state index contributed by atoms with van der Waals surface area (Å²) in [4.78, 5) is 29.2. The number of carbonyl (C=O) groups excluding carboxylic acids is 2. The number of carbonyl (C=O) groups is 2. The first-order valence-electron chi connectivity index (χ1n) is 9.07. The number of hydrogen-bond donors (Lipinski definition) is 1. The van der Waals surface area contributed by atoms with E-state index in [1.807, 2.05) is 42.7 Å². The molecule has 1 heterocycles. The second kappa shape index (κ2) is 10.4. The molecule has 8 heteroatoms. The summed E-state index contributed by atoms with van der Waals surface area (Å²) < 4.78 is 10.5. The summed E-state index contributed by atoms with van der Waals surface area (Å²) in [7, 11) is 0. The molecule has 3 aromatic rings. The van der Waals surface area contributed by atoms with Crippen molar-refractivity contribution in [2.24, 2.45) is 0 Å². The van der Waals surface area contributed by atoms with Gasteiger partial charge in [0.05, 0.1) is 0 Å². The van der Waals surface area contributed by atoms with E-state index in [0.29, 0.717) is 23.6 Å². The van der Waals surface area contributed by atoms with Crippen LogP contribution in [0.1, 0.15) is 22.7 Å². The predicted molar refractivity (Wildman–Crippen MR) is 110 cm³/mol. The largest absolute Gasteiger partial charge is 0.454 e. The summed E-state index contributed by atoms with van der Waals surface area (Å²) in [6.45, 7) is -0.157. The first-order chi connectivity index (χ1) is 14.2. The zero-order valence-electron chi connectivity index (χ0n) is 15.9. The van der Waals surface area contributed by atoms with E-state index in [2.05, 4.69) is 15.5 Å². The van der Waals surface area contributed by atoms with Gasteiger partial charge in [0.2, 0.25) is 5.82 Å². The van der Waals surface area contributed by atoms with E-state index in [0.717, 1.165) is 5.56 Å². The molecule has 1 amide bonds. The molecule has 29 heavy (non-hydrogen) atoms. The van der Waals surface area contributed by atoms with Crippen molar-refractivity contribution in [3.05, 3.63) is 72.1 Å². The topological polar surface area (TPSA) is 94.3 Å². The van der Waals surface area contributed by atoms with Gasteiger partial charge in [0.1, 0.15) is 6.04 Å². The van der Waals surface area contributed by atoms with Crippen molar-refractivity contribution in [1.29, 1.82) is 0 Å². The molecule has 0 radical (unpaired) electrons. The fourth-order valence-electron chi connectivity index (χ4n) is 2.57. The van der Waals surface area contributed by atoms with E-state index in [1.54, 1.807) is 36.0 Å². The minimum absolute atomic E-state index is 0.157. The third-order valence-corrected chi connectivity index (χ3v) is 4.72. The third-order valence-electron chi connectivity index (χ3n) is 4.07. The van der Waals surface area contributed by atoms with Gasteiger partial charge in [-0.25, -0.2) is 4.79 Å². The fraction of sp³-hybridized carbons (Fsp3) is 0.238. The lowest BCUT2D eigenvalue weighted by molar-refractivity contribution is -0.148. The van der Waals surface area contributed by atoms with Crippen molar-refractivity contribution in [2.75, 3.05) is 12.0 Å². The van der Waals surface area contributed by atoms with Crippen LogP contribution in [0.3, 0.4) is 0 Å². The van der Waals surface area contributed by atoms with Crippen LogP contribution in [0.2, 0.25) is 0 Å². The van der Waals surface area contributed by atoms with Gasteiger partial charge in [0.25, 0.3) is 11.8 Å². The van der Waals surface area contributed by atoms with Crippen LogP contribution in [0.25, 0.3) is 11.4 Å². The number of nitrogens with zero attached hydrogens (tertiary/aromatic N) is 2. The van der Waals surface area contributed by atoms with E-state index in [4.69, 9.17) is 9.26 Å². The SMILES string of the molecule is CSCCC(NC(=O)c1ccccc1)C(=O)OCc1nc(-c2ccccc2)no1. The minimum Gasteiger partial charge on any atom is -0.454 e. The molecule has 0 aliphatic carbocycles. The van der Waals surface area contributed by atoms with Gasteiger partial charge in [-0.05, 0) is 30.6 Å². The molecule has 0 spiro atoms. The first kappa shape index (κ1) is 20.6. The number of aromatic nitrogens is 2. The number of amides is 1. The van der Waals surface area contributed by atoms with Gasteiger partial charge in [-0.2, -0.15) is 16.7 Å². The van der Waals surface area contributed by atoms with Crippen LogP contribution in [0.15, 0.2) is 65.2 Å². The lowest BCUT2D eigenvalue weighted by Gasteiger charge is -2.16. The Morgan fingerprint density at radius 1 is 1.10 bits per heavy atom. The zero-order valence-corrected chi connectivity index (χ0v) is 16.7. The molecule has 1 N–H and O–H groups in total. The van der Waals surface area contributed by atoms with Gasteiger partial charge in [-0.3, -0.25) is 4.79 Å². The number of rotatable bonds is 9. The Hall–Kier alpha value is -3.13. The molecular weight excluding hydrogens is 390 g/mol. The maximum atomic E-state index is 12.5. The maximum absolute atomic E-state index is 12.5. The average molecular weight is 411 g/mol. The highest BCUT2D eigenvalue weighted by Gasteiger charge is 2.23. The summed E-state index contributed by atoms with van der Waals surface area (Å²) in [5, 5.41) is 6.64. The normalized spacial score (nSPS) is 11.6. The molecule has 1 aromatic heterocycles. The number of nitrogens with one attached hydrogen (secondary N) is 1. The highest BCUT2D eigenvalue weighted by atomic mass is 32.2. The van der Waals surface area contributed by atoms with Crippen molar-refractivity contribution >= 4 is 23.6 Å². The number of thioether (sulfide) groups is 1. The molecule has 1 atom stereocenters. The molecule has 150 valence electrons. The van der Waals surface area contributed by atoms with Crippen molar-refractivity contribution in [3.63, 3.8) is 0 Å². The van der Waals surface area contributed by atoms with E-state index < -0.39 is 12.0 Å². The summed E-state index contributed by atoms with van der Waals surface area (Å²) >= 11 is 1.59. The van der Waals surface area contributed by atoms with Gasteiger partial charge < -0.3 is 14.6 Å². The Morgan fingerprint density at radius 2 is 1.79 bits per heavy atom. The van der Waals surface area contributed by atoms with Crippen molar-refractivity contribution in [2.45, 2.75) is 19.1 Å². The predicted octanol–water partition coefficient (Wildman–Crippen LogP) is 3.33. The quantitative estimate of drug-likeness (QED) is 0.540. The second-order valence-corrected chi connectivity index (χ2v) is 7.14. The molecule has 0 fully saturated rings. The number of ether oxygens (including phenoxy) is 1. The molecule has 3 rings (SSSR count). The van der Waals surface area contributed by atoms with Crippen LogP contribution in [0.4, 0.5) is 0 Å². The third kappa shape index (κ3) is 5.92. The van der Waals surface area contributed by atoms with Gasteiger partial charge in [-0.15, -0.1) is 0 Å². The lowest BCUT2D eigenvalue weighted by atomic mass is 10.1. The summed E-state index contributed by atoms with van der Waals surface area (Å²) in [5.74, 6) is 0.455. The van der Waals surface area contributed by atoms with E-state index in [1.165, 1.54) is 0 Å². The van der Waals surface area contributed by atoms with Gasteiger partial charge in [0, 0.05) is 11.1 Å².